The third-order valence-electron chi connectivity index (χ3n) is 3.53. The van der Waals surface area contributed by atoms with E-state index in [1.807, 2.05) is 0 Å². The monoisotopic (exact) mass is 408 g/mol. The van der Waals surface area contributed by atoms with E-state index >= 15 is 0 Å². The van der Waals surface area contributed by atoms with Crippen LogP contribution in [0.1, 0.15) is 11.4 Å². The lowest BCUT2D eigenvalue weighted by atomic mass is 10.2. The molecule has 2 heterocycles. The van der Waals surface area contributed by atoms with Gasteiger partial charge in [0.2, 0.25) is 0 Å². The predicted molar refractivity (Wildman–Crippen MR) is 98.7 cm³/mol. The van der Waals surface area contributed by atoms with E-state index in [0.717, 1.165) is 6.08 Å². The number of fused-ring (bicyclic) bond motifs is 1. The first-order valence-corrected chi connectivity index (χ1v) is 8.78. The standard InChI is InChI=1S/C18H14F2N2O5S/c1-25-13-8-10(2-4-12(13)27-18(19)20)3-5-15(23)26-9-14-21-11-6-7-28-16(11)17(24)22-14/h2-8,18H,9H2,1H3,(H,21,22,24)/b5-3+. The van der Waals surface area contributed by atoms with Crippen molar-refractivity contribution < 1.29 is 27.8 Å². The van der Waals surface area contributed by atoms with Crippen molar-refractivity contribution in [3.63, 3.8) is 0 Å². The summed E-state index contributed by atoms with van der Waals surface area (Å²) in [6.07, 6.45) is 2.58. The number of nitrogens with zero attached hydrogens (tertiary/aromatic N) is 1. The van der Waals surface area contributed by atoms with Gasteiger partial charge in [0.15, 0.2) is 11.5 Å². The molecule has 0 saturated heterocycles. The maximum Gasteiger partial charge on any atom is 0.387 e. The van der Waals surface area contributed by atoms with Gasteiger partial charge in [-0.05, 0) is 35.2 Å². The molecule has 0 aliphatic carbocycles. The van der Waals surface area contributed by atoms with Gasteiger partial charge in [-0.15, -0.1) is 11.3 Å². The first-order valence-electron chi connectivity index (χ1n) is 7.90. The summed E-state index contributed by atoms with van der Waals surface area (Å²) in [7, 11) is 1.31. The number of benzene rings is 1. The van der Waals surface area contributed by atoms with Crippen molar-refractivity contribution in [2.45, 2.75) is 13.2 Å². The van der Waals surface area contributed by atoms with Crippen LogP contribution in [-0.4, -0.2) is 29.7 Å². The van der Waals surface area contributed by atoms with Crippen molar-refractivity contribution in [2.24, 2.45) is 0 Å². The van der Waals surface area contributed by atoms with Gasteiger partial charge >= 0.3 is 12.6 Å². The van der Waals surface area contributed by atoms with Crippen molar-refractivity contribution in [1.29, 1.82) is 0 Å². The van der Waals surface area contributed by atoms with E-state index in [0.29, 0.717) is 15.8 Å². The molecule has 1 aromatic carbocycles. The number of aromatic amines is 1. The van der Waals surface area contributed by atoms with Gasteiger partial charge in [0.25, 0.3) is 5.56 Å². The molecule has 0 atom stereocenters. The van der Waals surface area contributed by atoms with Gasteiger partial charge in [-0.3, -0.25) is 4.79 Å². The average Bonchev–Trinajstić information content (AvgIpc) is 3.14. The average molecular weight is 408 g/mol. The minimum Gasteiger partial charge on any atom is -0.493 e. The van der Waals surface area contributed by atoms with E-state index in [4.69, 9.17) is 9.47 Å². The van der Waals surface area contributed by atoms with Gasteiger partial charge in [0.1, 0.15) is 17.1 Å². The van der Waals surface area contributed by atoms with Gasteiger partial charge in [0, 0.05) is 6.08 Å². The maximum atomic E-state index is 12.3. The Balaban J connectivity index is 1.63. The van der Waals surface area contributed by atoms with Crippen LogP contribution in [0.4, 0.5) is 8.78 Å². The summed E-state index contributed by atoms with van der Waals surface area (Å²) >= 11 is 1.27. The molecule has 146 valence electrons. The fraction of sp³-hybridized carbons (Fsp3) is 0.167. The Hall–Kier alpha value is -3.27. The van der Waals surface area contributed by atoms with Gasteiger partial charge in [-0.2, -0.15) is 8.78 Å². The van der Waals surface area contributed by atoms with Crippen LogP contribution in [0, 0.1) is 0 Å². The summed E-state index contributed by atoms with van der Waals surface area (Å²) in [5.41, 5.74) is 0.759. The molecule has 1 N–H and O–H groups in total. The molecule has 0 bridgehead atoms. The number of esters is 1. The summed E-state index contributed by atoms with van der Waals surface area (Å²) in [5.74, 6) is -0.453. The van der Waals surface area contributed by atoms with Gasteiger partial charge in [0.05, 0.1) is 12.6 Å². The normalized spacial score (nSPS) is 11.3. The van der Waals surface area contributed by atoms with Crippen LogP contribution in [0.2, 0.25) is 0 Å². The van der Waals surface area contributed by atoms with Crippen molar-refractivity contribution in [3.05, 3.63) is 57.5 Å². The quantitative estimate of drug-likeness (QED) is 0.476. The molecule has 0 unspecified atom stereocenters. The van der Waals surface area contributed by atoms with Crippen LogP contribution < -0.4 is 15.0 Å². The summed E-state index contributed by atoms with van der Waals surface area (Å²) in [4.78, 5) is 30.5. The molecule has 0 aliphatic rings. The lowest BCUT2D eigenvalue weighted by Gasteiger charge is -2.10. The number of carbonyl (C=O) groups is 1. The second-order valence-corrected chi connectivity index (χ2v) is 6.29. The van der Waals surface area contributed by atoms with Gasteiger partial charge in [-0.25, -0.2) is 9.78 Å². The zero-order valence-corrected chi connectivity index (χ0v) is 15.3. The first-order chi connectivity index (χ1) is 13.5. The topological polar surface area (TPSA) is 90.5 Å². The number of thiophene rings is 1. The molecule has 3 rings (SSSR count). The first kappa shape index (κ1) is 19.5. The maximum absolute atomic E-state index is 12.3. The molecule has 3 aromatic rings. The zero-order chi connectivity index (χ0) is 20.1. The number of aromatic nitrogens is 2. The number of halogens is 2. The lowest BCUT2D eigenvalue weighted by molar-refractivity contribution is -0.139. The fourth-order valence-electron chi connectivity index (χ4n) is 2.32. The van der Waals surface area contributed by atoms with E-state index in [1.54, 1.807) is 11.4 Å². The highest BCUT2D eigenvalue weighted by Crippen LogP contribution is 2.29. The summed E-state index contributed by atoms with van der Waals surface area (Å²) in [6.45, 7) is -3.17. The van der Waals surface area contributed by atoms with Crippen LogP contribution in [0.5, 0.6) is 11.5 Å². The zero-order valence-electron chi connectivity index (χ0n) is 14.5. The molecule has 0 radical (unpaired) electrons. The third-order valence-corrected chi connectivity index (χ3v) is 4.43. The minimum absolute atomic E-state index is 0.0988. The molecule has 0 spiro atoms. The molecule has 0 aliphatic heterocycles. The molecule has 7 nitrogen and oxygen atoms in total. The van der Waals surface area contributed by atoms with Crippen LogP contribution in [0.3, 0.4) is 0 Å². The Morgan fingerprint density at radius 1 is 1.32 bits per heavy atom. The predicted octanol–water partition coefficient (Wildman–Crippen LogP) is 3.35. The van der Waals surface area contributed by atoms with Crippen LogP contribution >= 0.6 is 11.3 Å². The number of nitrogens with one attached hydrogen (secondary N) is 1. The van der Waals surface area contributed by atoms with E-state index < -0.39 is 12.6 Å². The Bertz CT molecular complexity index is 1080. The third kappa shape index (κ3) is 4.71. The number of hydrogen-bond donors (Lipinski definition) is 1. The van der Waals surface area contributed by atoms with E-state index in [2.05, 4.69) is 14.7 Å². The van der Waals surface area contributed by atoms with Gasteiger partial charge < -0.3 is 19.2 Å². The number of carbonyl (C=O) groups excluding carboxylic acids is 1. The highest BCUT2D eigenvalue weighted by Gasteiger charge is 2.11. The highest BCUT2D eigenvalue weighted by atomic mass is 32.1. The van der Waals surface area contributed by atoms with Crippen molar-refractivity contribution in [1.82, 2.24) is 9.97 Å². The fourth-order valence-corrected chi connectivity index (χ4v) is 3.05. The van der Waals surface area contributed by atoms with Crippen LogP contribution in [0.25, 0.3) is 16.3 Å². The highest BCUT2D eigenvalue weighted by molar-refractivity contribution is 7.17. The lowest BCUT2D eigenvalue weighted by Crippen LogP contribution is -2.12. The van der Waals surface area contributed by atoms with Crippen molar-refractivity contribution >= 4 is 33.6 Å². The molecule has 0 saturated carbocycles. The van der Waals surface area contributed by atoms with Gasteiger partial charge in [-0.1, -0.05) is 6.07 Å². The van der Waals surface area contributed by atoms with E-state index in [1.165, 1.54) is 42.7 Å². The number of hydrogen-bond acceptors (Lipinski definition) is 7. The number of H-pyrrole nitrogens is 1. The van der Waals surface area contributed by atoms with E-state index in [9.17, 15) is 18.4 Å². The Kier molecular flexibility index (Phi) is 5.99. The van der Waals surface area contributed by atoms with E-state index in [-0.39, 0.29) is 29.5 Å². The molecule has 0 amide bonds. The number of ether oxygens (including phenoxy) is 3. The molecule has 10 heteroatoms. The Morgan fingerprint density at radius 2 is 2.14 bits per heavy atom. The smallest absolute Gasteiger partial charge is 0.387 e. The molecular weight excluding hydrogens is 394 g/mol. The SMILES string of the molecule is COc1cc(/C=C/C(=O)OCc2nc3ccsc3c(=O)[nH]2)ccc1OC(F)F. The number of methoxy groups -OCH3 is 1. The number of alkyl halides is 2. The molecule has 28 heavy (non-hydrogen) atoms. The minimum atomic E-state index is -2.97. The summed E-state index contributed by atoms with van der Waals surface area (Å²) < 4.78 is 39.5. The number of rotatable bonds is 7. The largest absolute Gasteiger partial charge is 0.493 e. The van der Waals surface area contributed by atoms with Crippen molar-refractivity contribution in [3.8, 4) is 11.5 Å². The Labute approximate surface area is 161 Å². The second kappa shape index (κ2) is 8.61. The summed E-state index contributed by atoms with van der Waals surface area (Å²) in [6, 6.07) is 5.93. The molecule has 2 aromatic heterocycles. The molecule has 0 fully saturated rings. The Morgan fingerprint density at radius 3 is 2.89 bits per heavy atom. The van der Waals surface area contributed by atoms with Crippen molar-refractivity contribution in [2.75, 3.05) is 7.11 Å². The van der Waals surface area contributed by atoms with Crippen LogP contribution in [0.15, 0.2) is 40.5 Å². The second-order valence-electron chi connectivity index (χ2n) is 5.38. The summed E-state index contributed by atoms with van der Waals surface area (Å²) in [5, 5.41) is 1.75. The van der Waals surface area contributed by atoms with Crippen LogP contribution in [-0.2, 0) is 16.1 Å². The molecular formula is C18H14F2N2O5S.